The number of hydrogen-bond acceptors (Lipinski definition) is 4. The predicted octanol–water partition coefficient (Wildman–Crippen LogP) is 4.56. The van der Waals surface area contributed by atoms with E-state index >= 15 is 0 Å². The second-order valence-corrected chi connectivity index (χ2v) is 10.2. The van der Waals surface area contributed by atoms with Gasteiger partial charge in [0.15, 0.2) is 0 Å². The number of benzene rings is 2. The highest BCUT2D eigenvalue weighted by molar-refractivity contribution is 5.85. The minimum Gasteiger partial charge on any atom is -0.480 e. The van der Waals surface area contributed by atoms with Crippen LogP contribution in [0.3, 0.4) is 0 Å². The molecule has 182 valence electrons. The number of ether oxygens (including phenoxy) is 1. The van der Waals surface area contributed by atoms with Crippen LogP contribution >= 0.6 is 0 Å². The molecule has 0 spiro atoms. The van der Waals surface area contributed by atoms with Crippen LogP contribution in [0.25, 0.3) is 11.1 Å². The molecule has 2 atom stereocenters. The third-order valence-corrected chi connectivity index (χ3v) is 6.28. The Kier molecular flexibility index (Phi) is 7.64. The van der Waals surface area contributed by atoms with Gasteiger partial charge in [0, 0.05) is 18.4 Å². The fraction of sp³-hybridized carbons (Fsp3) is 0.444. The van der Waals surface area contributed by atoms with Gasteiger partial charge in [-0.1, -0.05) is 83.1 Å². The fourth-order valence-corrected chi connectivity index (χ4v) is 4.31. The van der Waals surface area contributed by atoms with E-state index in [1.54, 1.807) is 20.8 Å². The third-order valence-electron chi connectivity index (χ3n) is 6.28. The molecule has 0 bridgehead atoms. The van der Waals surface area contributed by atoms with Crippen molar-refractivity contribution in [2.75, 3.05) is 6.61 Å². The van der Waals surface area contributed by atoms with Gasteiger partial charge < -0.3 is 20.5 Å². The lowest BCUT2D eigenvalue weighted by Crippen LogP contribution is -2.51. The van der Waals surface area contributed by atoms with E-state index in [0.29, 0.717) is 0 Å². The summed E-state index contributed by atoms with van der Waals surface area (Å²) in [5, 5.41) is 14.8. The molecule has 7 heteroatoms. The van der Waals surface area contributed by atoms with Gasteiger partial charge in [-0.15, -0.1) is 0 Å². The maximum Gasteiger partial charge on any atom is 0.407 e. The zero-order valence-corrected chi connectivity index (χ0v) is 20.4. The molecule has 1 aliphatic carbocycles. The van der Waals surface area contributed by atoms with Gasteiger partial charge >= 0.3 is 12.1 Å². The number of carboxylic acid groups (broad SMARTS) is 1. The SMILES string of the molecule is CC(C)[C@@H](CC(=O)N[C@H](C(=O)O)C(C)(C)C)NC(=O)OCC1c2ccccc2-c2ccccc21. The first-order chi connectivity index (χ1) is 16.0. The normalized spacial score (nSPS) is 14.6. The maximum absolute atomic E-state index is 12.7. The highest BCUT2D eigenvalue weighted by atomic mass is 16.5. The summed E-state index contributed by atoms with van der Waals surface area (Å²) in [5.41, 5.74) is 3.90. The second kappa shape index (κ2) is 10.3. The van der Waals surface area contributed by atoms with Gasteiger partial charge in [0.2, 0.25) is 5.91 Å². The zero-order valence-electron chi connectivity index (χ0n) is 20.4. The average Bonchev–Trinajstić information content (AvgIpc) is 3.08. The smallest absolute Gasteiger partial charge is 0.407 e. The van der Waals surface area contributed by atoms with E-state index in [1.165, 1.54) is 0 Å². The first-order valence-corrected chi connectivity index (χ1v) is 11.6. The summed E-state index contributed by atoms with van der Waals surface area (Å²) in [4.78, 5) is 36.8. The van der Waals surface area contributed by atoms with Crippen molar-refractivity contribution in [1.82, 2.24) is 10.6 Å². The fourth-order valence-electron chi connectivity index (χ4n) is 4.31. The van der Waals surface area contributed by atoms with E-state index in [-0.39, 0.29) is 24.9 Å². The van der Waals surface area contributed by atoms with Crippen LogP contribution in [0.2, 0.25) is 0 Å². The summed E-state index contributed by atoms with van der Waals surface area (Å²) in [6, 6.07) is 14.7. The van der Waals surface area contributed by atoms with E-state index < -0.39 is 35.5 Å². The van der Waals surface area contributed by atoms with Gasteiger partial charge in [0.05, 0.1) is 0 Å². The van der Waals surface area contributed by atoms with Crippen molar-refractivity contribution >= 4 is 18.0 Å². The van der Waals surface area contributed by atoms with Crippen molar-refractivity contribution in [1.29, 1.82) is 0 Å². The van der Waals surface area contributed by atoms with Crippen LogP contribution < -0.4 is 10.6 Å². The molecule has 1 aliphatic rings. The number of alkyl carbamates (subject to hydrolysis) is 1. The standard InChI is InChI=1S/C27H34N2O5/c1-16(2)22(14-23(30)29-24(25(31)32)27(3,4)5)28-26(33)34-15-21-19-12-8-6-10-17(19)18-11-7-9-13-20(18)21/h6-13,16,21-22,24H,14-15H2,1-5H3,(H,28,33)(H,29,30)(H,31,32)/t22-,24-/m1/s1. The molecule has 2 aromatic carbocycles. The molecule has 2 aromatic rings. The molecule has 7 nitrogen and oxygen atoms in total. The zero-order chi connectivity index (χ0) is 25.0. The van der Waals surface area contributed by atoms with Crippen LogP contribution in [0.15, 0.2) is 48.5 Å². The molecule has 0 aromatic heterocycles. The van der Waals surface area contributed by atoms with Crippen LogP contribution in [0.5, 0.6) is 0 Å². The Bertz CT molecular complexity index is 1010. The monoisotopic (exact) mass is 466 g/mol. The molecule has 3 N–H and O–H groups in total. The number of carbonyl (C=O) groups is 3. The molecular weight excluding hydrogens is 432 g/mol. The van der Waals surface area contributed by atoms with E-state index in [1.807, 2.05) is 38.1 Å². The first-order valence-electron chi connectivity index (χ1n) is 11.6. The summed E-state index contributed by atoms with van der Waals surface area (Å²) in [6.07, 6.45) is -0.638. The minimum absolute atomic E-state index is 0.0400. The Labute approximate surface area is 200 Å². The lowest BCUT2D eigenvalue weighted by molar-refractivity contribution is -0.145. The number of nitrogens with one attached hydrogen (secondary N) is 2. The Balaban J connectivity index is 1.62. The van der Waals surface area contributed by atoms with Gasteiger partial charge in [-0.05, 0) is 33.6 Å². The molecule has 34 heavy (non-hydrogen) atoms. The van der Waals surface area contributed by atoms with Gasteiger partial charge in [-0.3, -0.25) is 4.79 Å². The van der Waals surface area contributed by atoms with Gasteiger partial charge in [0.1, 0.15) is 12.6 Å². The van der Waals surface area contributed by atoms with Crippen molar-refractivity contribution in [2.45, 2.75) is 59.0 Å². The topological polar surface area (TPSA) is 105 Å². The lowest BCUT2D eigenvalue weighted by atomic mass is 9.86. The Morgan fingerprint density at radius 2 is 1.47 bits per heavy atom. The summed E-state index contributed by atoms with van der Waals surface area (Å²) in [7, 11) is 0. The molecule has 3 rings (SSSR count). The van der Waals surface area contributed by atoms with Crippen LogP contribution in [-0.4, -0.2) is 41.8 Å². The third kappa shape index (κ3) is 5.76. The number of fused-ring (bicyclic) bond motifs is 3. The van der Waals surface area contributed by atoms with E-state index in [2.05, 4.69) is 34.9 Å². The van der Waals surface area contributed by atoms with Gasteiger partial charge in [0.25, 0.3) is 0 Å². The van der Waals surface area contributed by atoms with Crippen molar-refractivity contribution in [2.24, 2.45) is 11.3 Å². The minimum atomic E-state index is -1.09. The van der Waals surface area contributed by atoms with Crippen LogP contribution in [0, 0.1) is 11.3 Å². The summed E-state index contributed by atoms with van der Waals surface area (Å²) >= 11 is 0. The lowest BCUT2D eigenvalue weighted by Gasteiger charge is -2.29. The molecule has 0 radical (unpaired) electrons. The second-order valence-electron chi connectivity index (χ2n) is 10.2. The van der Waals surface area contributed by atoms with E-state index in [4.69, 9.17) is 4.74 Å². The largest absolute Gasteiger partial charge is 0.480 e. The van der Waals surface area contributed by atoms with Crippen LogP contribution in [0.4, 0.5) is 4.79 Å². The highest BCUT2D eigenvalue weighted by Crippen LogP contribution is 2.44. The predicted molar refractivity (Wildman–Crippen MR) is 130 cm³/mol. The summed E-state index contributed by atoms with van der Waals surface area (Å²) in [6.45, 7) is 9.21. The molecule has 0 saturated carbocycles. The number of carbonyl (C=O) groups excluding carboxylic acids is 2. The number of amides is 2. The van der Waals surface area contributed by atoms with E-state index in [0.717, 1.165) is 22.3 Å². The molecule has 0 fully saturated rings. The molecule has 0 unspecified atom stereocenters. The van der Waals surface area contributed by atoms with Crippen molar-refractivity contribution in [3.8, 4) is 11.1 Å². The Morgan fingerprint density at radius 3 is 1.94 bits per heavy atom. The molecule has 0 saturated heterocycles. The van der Waals surface area contributed by atoms with Crippen LogP contribution in [0.1, 0.15) is 58.1 Å². The highest BCUT2D eigenvalue weighted by Gasteiger charge is 2.34. The van der Waals surface area contributed by atoms with Crippen LogP contribution in [-0.2, 0) is 14.3 Å². The average molecular weight is 467 g/mol. The molecule has 0 aliphatic heterocycles. The summed E-state index contributed by atoms with van der Waals surface area (Å²) in [5.74, 6) is -1.63. The Morgan fingerprint density at radius 1 is 0.941 bits per heavy atom. The van der Waals surface area contributed by atoms with Gasteiger partial charge in [-0.25, -0.2) is 9.59 Å². The molecule has 0 heterocycles. The van der Waals surface area contributed by atoms with Crippen molar-refractivity contribution < 1.29 is 24.2 Å². The number of hydrogen-bond donors (Lipinski definition) is 3. The van der Waals surface area contributed by atoms with E-state index in [9.17, 15) is 19.5 Å². The number of aliphatic carboxylic acids is 1. The Hall–Kier alpha value is -3.35. The maximum atomic E-state index is 12.7. The first kappa shape index (κ1) is 25.3. The quantitative estimate of drug-likeness (QED) is 0.529. The molecule has 2 amide bonds. The van der Waals surface area contributed by atoms with Crippen molar-refractivity contribution in [3.63, 3.8) is 0 Å². The number of carboxylic acids is 1. The molecular formula is C27H34N2O5. The number of rotatable bonds is 8. The van der Waals surface area contributed by atoms with Crippen molar-refractivity contribution in [3.05, 3.63) is 59.7 Å². The summed E-state index contributed by atoms with van der Waals surface area (Å²) < 4.78 is 5.60. The van der Waals surface area contributed by atoms with Gasteiger partial charge in [-0.2, -0.15) is 0 Å².